The monoisotopic (exact) mass is 274 g/mol. The third kappa shape index (κ3) is 3.35. The van der Waals surface area contributed by atoms with Crippen molar-refractivity contribution in [3.05, 3.63) is 45.9 Å². The van der Waals surface area contributed by atoms with Crippen molar-refractivity contribution in [2.45, 2.75) is 45.4 Å². The van der Waals surface area contributed by atoms with Crippen molar-refractivity contribution < 1.29 is 0 Å². The quantitative estimate of drug-likeness (QED) is 0.841. The number of nitrogens with two attached hydrogens (primary N) is 1. The van der Waals surface area contributed by atoms with Crippen LogP contribution in [0.25, 0.3) is 0 Å². The Hall–Kier alpha value is -1.35. The molecule has 3 heteroatoms. The molecule has 2 nitrogen and oxygen atoms in total. The van der Waals surface area contributed by atoms with E-state index in [0.29, 0.717) is 5.92 Å². The third-order valence-corrected chi connectivity index (χ3v) is 4.54. The van der Waals surface area contributed by atoms with Gasteiger partial charge < -0.3 is 5.73 Å². The van der Waals surface area contributed by atoms with Gasteiger partial charge in [0.15, 0.2) is 0 Å². The van der Waals surface area contributed by atoms with Gasteiger partial charge in [-0.3, -0.25) is 0 Å². The summed E-state index contributed by atoms with van der Waals surface area (Å²) in [5.41, 5.74) is 9.11. The number of rotatable bonds is 4. The van der Waals surface area contributed by atoms with Crippen LogP contribution in [0, 0.1) is 0 Å². The van der Waals surface area contributed by atoms with Crippen molar-refractivity contribution >= 4 is 17.0 Å². The van der Waals surface area contributed by atoms with Gasteiger partial charge in [0.1, 0.15) is 0 Å². The predicted molar refractivity (Wildman–Crippen MR) is 83.8 cm³/mol. The van der Waals surface area contributed by atoms with Crippen LogP contribution in [0.3, 0.4) is 0 Å². The largest absolute Gasteiger partial charge is 0.399 e. The van der Waals surface area contributed by atoms with Gasteiger partial charge >= 0.3 is 0 Å². The first kappa shape index (κ1) is 14.1. The number of nitrogen functional groups attached to an aromatic ring is 1. The van der Waals surface area contributed by atoms with Gasteiger partial charge in [-0.1, -0.05) is 39.8 Å². The minimum Gasteiger partial charge on any atom is -0.399 e. The number of hydrogen-bond acceptors (Lipinski definition) is 3. The summed E-state index contributed by atoms with van der Waals surface area (Å²) in [5.74, 6) is 0.498. The second-order valence-electron chi connectivity index (χ2n) is 6.03. The van der Waals surface area contributed by atoms with Gasteiger partial charge in [0.05, 0.1) is 10.7 Å². The van der Waals surface area contributed by atoms with Crippen molar-refractivity contribution in [2.75, 3.05) is 5.73 Å². The standard InChI is InChI=1S/C16H22N2S/c1-11(2)14-10-19-15(18-14)16(3,4)9-12-5-7-13(17)8-6-12/h5-8,10-11H,9,17H2,1-4H3. The van der Waals surface area contributed by atoms with Gasteiger partial charge in [-0.25, -0.2) is 4.98 Å². The van der Waals surface area contributed by atoms with Crippen molar-refractivity contribution in [3.63, 3.8) is 0 Å². The van der Waals surface area contributed by atoms with Gasteiger partial charge in [0.25, 0.3) is 0 Å². The maximum absolute atomic E-state index is 5.73. The van der Waals surface area contributed by atoms with Gasteiger partial charge in [-0.2, -0.15) is 0 Å². The van der Waals surface area contributed by atoms with E-state index in [-0.39, 0.29) is 5.41 Å². The van der Waals surface area contributed by atoms with Crippen LogP contribution in [0.15, 0.2) is 29.6 Å². The molecule has 0 aliphatic heterocycles. The molecule has 0 aliphatic carbocycles. The van der Waals surface area contributed by atoms with Crippen molar-refractivity contribution in [1.82, 2.24) is 4.98 Å². The molecule has 102 valence electrons. The summed E-state index contributed by atoms with van der Waals surface area (Å²) in [7, 11) is 0. The van der Waals surface area contributed by atoms with E-state index >= 15 is 0 Å². The number of aromatic nitrogens is 1. The van der Waals surface area contributed by atoms with Crippen molar-refractivity contribution in [2.24, 2.45) is 0 Å². The summed E-state index contributed by atoms with van der Waals surface area (Å²) in [6, 6.07) is 8.14. The molecule has 1 aromatic heterocycles. The molecule has 0 atom stereocenters. The molecular formula is C16H22N2S. The first-order valence-electron chi connectivity index (χ1n) is 6.69. The Bertz CT molecular complexity index is 538. The van der Waals surface area contributed by atoms with Gasteiger partial charge in [0, 0.05) is 16.5 Å². The molecule has 0 amide bonds. The van der Waals surface area contributed by atoms with E-state index in [2.05, 4.69) is 45.2 Å². The Morgan fingerprint density at radius 2 is 1.84 bits per heavy atom. The summed E-state index contributed by atoms with van der Waals surface area (Å²) in [6.07, 6.45) is 0.984. The molecule has 2 N–H and O–H groups in total. The topological polar surface area (TPSA) is 38.9 Å². The molecule has 0 fully saturated rings. The van der Waals surface area contributed by atoms with Gasteiger partial charge in [-0.05, 0) is 30.0 Å². The second-order valence-corrected chi connectivity index (χ2v) is 6.89. The molecule has 0 saturated heterocycles. The zero-order valence-corrected chi connectivity index (χ0v) is 12.9. The van der Waals surface area contributed by atoms with Crippen LogP contribution >= 0.6 is 11.3 Å². The minimum absolute atomic E-state index is 0.0634. The smallest absolute Gasteiger partial charge is 0.0988 e. The maximum atomic E-state index is 5.73. The predicted octanol–water partition coefficient (Wildman–Crippen LogP) is 4.37. The Morgan fingerprint density at radius 3 is 2.37 bits per heavy atom. The molecule has 1 heterocycles. The Balaban J connectivity index is 2.18. The fourth-order valence-electron chi connectivity index (χ4n) is 2.08. The normalized spacial score (nSPS) is 12.1. The van der Waals surface area contributed by atoms with E-state index in [1.54, 1.807) is 11.3 Å². The summed E-state index contributed by atoms with van der Waals surface area (Å²) in [4.78, 5) is 4.79. The van der Waals surface area contributed by atoms with Gasteiger partial charge in [0.2, 0.25) is 0 Å². The maximum Gasteiger partial charge on any atom is 0.0988 e. The molecule has 2 aromatic rings. The number of benzene rings is 1. The minimum atomic E-state index is 0.0634. The lowest BCUT2D eigenvalue weighted by Crippen LogP contribution is -2.20. The summed E-state index contributed by atoms with van der Waals surface area (Å²) in [6.45, 7) is 8.89. The molecular weight excluding hydrogens is 252 g/mol. The Kier molecular flexibility index (Phi) is 3.95. The summed E-state index contributed by atoms with van der Waals surface area (Å²) < 4.78 is 0. The number of anilines is 1. The first-order chi connectivity index (χ1) is 8.88. The highest BCUT2D eigenvalue weighted by atomic mass is 32.1. The van der Waals surface area contributed by atoms with E-state index in [4.69, 9.17) is 10.7 Å². The zero-order valence-electron chi connectivity index (χ0n) is 12.1. The van der Waals surface area contributed by atoms with Crippen LogP contribution in [0.1, 0.15) is 49.9 Å². The van der Waals surface area contributed by atoms with E-state index in [0.717, 1.165) is 12.1 Å². The van der Waals surface area contributed by atoms with Gasteiger partial charge in [-0.15, -0.1) is 11.3 Å². The van der Waals surface area contributed by atoms with Crippen LogP contribution in [0.4, 0.5) is 5.69 Å². The highest BCUT2D eigenvalue weighted by molar-refractivity contribution is 7.09. The van der Waals surface area contributed by atoms with Crippen LogP contribution in [0.2, 0.25) is 0 Å². The average molecular weight is 274 g/mol. The average Bonchev–Trinajstić information content (AvgIpc) is 2.82. The molecule has 1 aromatic carbocycles. The van der Waals surface area contributed by atoms with Crippen LogP contribution in [0.5, 0.6) is 0 Å². The lowest BCUT2D eigenvalue weighted by Gasteiger charge is -2.22. The number of thiazole rings is 1. The first-order valence-corrected chi connectivity index (χ1v) is 7.57. The second kappa shape index (κ2) is 5.33. The summed E-state index contributed by atoms with van der Waals surface area (Å²) in [5, 5.41) is 3.40. The van der Waals surface area contributed by atoms with Crippen molar-refractivity contribution in [3.8, 4) is 0 Å². The van der Waals surface area contributed by atoms with Crippen molar-refractivity contribution in [1.29, 1.82) is 0 Å². The highest BCUT2D eigenvalue weighted by Crippen LogP contribution is 2.32. The van der Waals surface area contributed by atoms with E-state index in [1.807, 2.05) is 12.1 Å². The third-order valence-electron chi connectivity index (χ3n) is 3.32. The molecule has 19 heavy (non-hydrogen) atoms. The SMILES string of the molecule is CC(C)c1csc(C(C)(C)Cc2ccc(N)cc2)n1. The molecule has 0 aliphatic rings. The lowest BCUT2D eigenvalue weighted by atomic mass is 9.86. The van der Waals surface area contributed by atoms with Crippen LogP contribution in [-0.2, 0) is 11.8 Å². The van der Waals surface area contributed by atoms with Crippen LogP contribution < -0.4 is 5.73 Å². The fraction of sp³-hybridized carbons (Fsp3) is 0.438. The highest BCUT2D eigenvalue weighted by Gasteiger charge is 2.25. The van der Waals surface area contributed by atoms with E-state index < -0.39 is 0 Å². The molecule has 0 spiro atoms. The van der Waals surface area contributed by atoms with E-state index in [1.165, 1.54) is 16.3 Å². The summed E-state index contributed by atoms with van der Waals surface area (Å²) >= 11 is 1.77. The lowest BCUT2D eigenvalue weighted by molar-refractivity contribution is 0.516. The Morgan fingerprint density at radius 1 is 1.21 bits per heavy atom. The molecule has 0 bridgehead atoms. The number of nitrogens with zero attached hydrogens (tertiary/aromatic N) is 1. The Labute approximate surface area is 119 Å². The van der Waals surface area contributed by atoms with E-state index in [9.17, 15) is 0 Å². The van der Waals surface area contributed by atoms with Crippen LogP contribution in [-0.4, -0.2) is 4.98 Å². The zero-order chi connectivity index (χ0) is 14.0. The molecule has 2 rings (SSSR count). The fourth-order valence-corrected chi connectivity index (χ4v) is 3.19. The molecule has 0 radical (unpaired) electrons. The number of hydrogen-bond donors (Lipinski definition) is 1. The molecule has 0 saturated carbocycles. The molecule has 0 unspecified atom stereocenters.